The maximum Gasteiger partial charge on any atom is 0.264 e. The van der Waals surface area contributed by atoms with Gasteiger partial charge in [0.2, 0.25) is 0 Å². The van der Waals surface area contributed by atoms with Crippen LogP contribution in [0.2, 0.25) is 0 Å². The highest BCUT2D eigenvalue weighted by Gasteiger charge is 2.14. The molecular formula is C7H10N2OS. The zero-order chi connectivity index (χ0) is 8.10. The molecule has 0 radical (unpaired) electrons. The molecule has 1 saturated heterocycles. The number of nitrogens with zero attached hydrogens (tertiary/aromatic N) is 2. The Morgan fingerprint density at radius 1 is 1.55 bits per heavy atom. The molecule has 4 heteroatoms. The van der Waals surface area contributed by atoms with Gasteiger partial charge in [-0.05, 0) is 0 Å². The predicted molar refractivity (Wildman–Crippen MR) is 46.5 cm³/mol. The van der Waals surface area contributed by atoms with Crippen LogP contribution in [-0.2, 0) is 4.74 Å². The van der Waals surface area contributed by atoms with Crippen molar-refractivity contribution in [3.05, 3.63) is 11.4 Å². The number of thiocarbonyl (C=S) groups is 1. The molecule has 0 saturated carbocycles. The summed E-state index contributed by atoms with van der Waals surface area (Å²) < 4.78 is 5.15. The number of ether oxygens (including phenoxy) is 1. The highest BCUT2D eigenvalue weighted by Crippen LogP contribution is 1.98. The largest absolute Gasteiger partial charge is 0.378 e. The van der Waals surface area contributed by atoms with Gasteiger partial charge in [-0.3, -0.25) is 0 Å². The van der Waals surface area contributed by atoms with Crippen molar-refractivity contribution >= 4 is 17.2 Å². The number of rotatable bonds is 1. The van der Waals surface area contributed by atoms with E-state index in [1.807, 2.05) is 4.90 Å². The number of hydrogen-bond donors (Lipinski definition) is 0. The second-order valence-corrected chi connectivity index (χ2v) is 2.78. The van der Waals surface area contributed by atoms with Crippen molar-refractivity contribution in [2.24, 2.45) is 0 Å². The molecule has 0 bridgehead atoms. The fourth-order valence-electron chi connectivity index (χ4n) is 0.980. The lowest BCUT2D eigenvalue weighted by Gasteiger charge is -2.26. The number of morpholine rings is 1. The lowest BCUT2D eigenvalue weighted by Crippen LogP contribution is -2.40. The fraction of sp³-hybridized carbons (Fsp3) is 0.714. The lowest BCUT2D eigenvalue weighted by molar-refractivity contribution is 0.0688. The van der Waals surface area contributed by atoms with Crippen molar-refractivity contribution < 1.29 is 4.74 Å². The topological polar surface area (TPSA) is 16.8 Å². The molecule has 0 spiro atoms. The molecule has 1 aliphatic rings. The molecule has 0 N–H and O–H groups in total. The van der Waals surface area contributed by atoms with Gasteiger partial charge in [0.05, 0.1) is 13.2 Å². The minimum atomic E-state index is 0.343. The molecule has 1 aliphatic heterocycles. The quantitative estimate of drug-likeness (QED) is 0.423. The van der Waals surface area contributed by atoms with Gasteiger partial charge in [-0.25, -0.2) is 6.57 Å². The maximum absolute atomic E-state index is 6.63. The summed E-state index contributed by atoms with van der Waals surface area (Å²) in [6.07, 6.45) is 0. The van der Waals surface area contributed by atoms with E-state index in [9.17, 15) is 0 Å². The van der Waals surface area contributed by atoms with Crippen molar-refractivity contribution in [1.82, 2.24) is 4.90 Å². The first kappa shape index (κ1) is 8.44. The standard InChI is InChI=1S/C7H10N2OS/c1-8-6-7(11)9-2-4-10-5-3-9/h2-6H2. The summed E-state index contributed by atoms with van der Waals surface area (Å²) in [5.41, 5.74) is 0. The van der Waals surface area contributed by atoms with Gasteiger partial charge in [0.1, 0.15) is 0 Å². The van der Waals surface area contributed by atoms with Gasteiger partial charge >= 0.3 is 0 Å². The van der Waals surface area contributed by atoms with Crippen LogP contribution < -0.4 is 0 Å². The monoisotopic (exact) mass is 170 g/mol. The van der Waals surface area contributed by atoms with E-state index in [1.165, 1.54) is 0 Å². The van der Waals surface area contributed by atoms with Crippen molar-refractivity contribution in [2.75, 3.05) is 32.8 Å². The first-order valence-corrected chi connectivity index (χ1v) is 3.94. The van der Waals surface area contributed by atoms with Gasteiger partial charge in [-0.1, -0.05) is 12.2 Å². The molecule has 0 aromatic rings. The summed E-state index contributed by atoms with van der Waals surface area (Å²) in [4.78, 5) is 6.03. The maximum atomic E-state index is 6.63. The Kier molecular flexibility index (Phi) is 3.27. The molecule has 0 aromatic heterocycles. The average Bonchev–Trinajstić information content (AvgIpc) is 2.07. The van der Waals surface area contributed by atoms with Crippen LogP contribution in [0, 0.1) is 6.57 Å². The van der Waals surface area contributed by atoms with Crippen molar-refractivity contribution in [2.45, 2.75) is 0 Å². The van der Waals surface area contributed by atoms with E-state index >= 15 is 0 Å². The van der Waals surface area contributed by atoms with Crippen LogP contribution in [0.25, 0.3) is 4.85 Å². The van der Waals surface area contributed by atoms with E-state index in [-0.39, 0.29) is 0 Å². The molecule has 11 heavy (non-hydrogen) atoms. The normalized spacial score (nSPS) is 17.5. The molecule has 0 amide bonds. The Labute approximate surface area is 71.8 Å². The van der Waals surface area contributed by atoms with Crippen LogP contribution in [0.3, 0.4) is 0 Å². The smallest absolute Gasteiger partial charge is 0.264 e. The number of hydrogen-bond acceptors (Lipinski definition) is 2. The van der Waals surface area contributed by atoms with Crippen molar-refractivity contribution in [1.29, 1.82) is 0 Å². The average molecular weight is 170 g/mol. The SMILES string of the molecule is [C-]#[N+]CC(=S)N1CCOCC1. The third-order valence-electron chi connectivity index (χ3n) is 1.58. The van der Waals surface area contributed by atoms with Gasteiger partial charge in [-0.15, -0.1) is 0 Å². The minimum absolute atomic E-state index is 0.343. The van der Waals surface area contributed by atoms with E-state index in [0.29, 0.717) is 6.54 Å². The van der Waals surface area contributed by atoms with Gasteiger partial charge in [-0.2, -0.15) is 0 Å². The molecule has 1 heterocycles. The van der Waals surface area contributed by atoms with Crippen LogP contribution in [0.15, 0.2) is 0 Å². The summed E-state index contributed by atoms with van der Waals surface area (Å²) in [6.45, 7) is 10.1. The van der Waals surface area contributed by atoms with Crippen molar-refractivity contribution in [3.63, 3.8) is 0 Å². The highest BCUT2D eigenvalue weighted by molar-refractivity contribution is 7.80. The molecule has 0 aliphatic carbocycles. The summed E-state index contributed by atoms with van der Waals surface area (Å²) in [5.74, 6) is 0. The first-order valence-electron chi connectivity index (χ1n) is 3.53. The zero-order valence-corrected chi connectivity index (χ0v) is 7.06. The van der Waals surface area contributed by atoms with Crippen LogP contribution in [0.1, 0.15) is 0 Å². The van der Waals surface area contributed by atoms with E-state index in [2.05, 4.69) is 4.85 Å². The molecule has 1 rings (SSSR count). The second kappa shape index (κ2) is 4.27. The molecular weight excluding hydrogens is 160 g/mol. The van der Waals surface area contributed by atoms with Gasteiger partial charge in [0, 0.05) is 13.1 Å². The Morgan fingerprint density at radius 3 is 2.73 bits per heavy atom. The second-order valence-electron chi connectivity index (χ2n) is 2.31. The van der Waals surface area contributed by atoms with Crippen LogP contribution in [0.5, 0.6) is 0 Å². The Bertz CT molecular complexity index is 181. The lowest BCUT2D eigenvalue weighted by atomic mass is 10.4. The Balaban J connectivity index is 2.34. The van der Waals surface area contributed by atoms with Crippen LogP contribution in [0.4, 0.5) is 0 Å². The molecule has 60 valence electrons. The van der Waals surface area contributed by atoms with Crippen molar-refractivity contribution in [3.8, 4) is 0 Å². The van der Waals surface area contributed by atoms with E-state index < -0.39 is 0 Å². The first-order chi connectivity index (χ1) is 5.34. The third kappa shape index (κ3) is 2.45. The van der Waals surface area contributed by atoms with Crippen LogP contribution in [-0.4, -0.2) is 42.7 Å². The van der Waals surface area contributed by atoms with Gasteiger partial charge in [0.15, 0.2) is 4.99 Å². The molecule has 3 nitrogen and oxygen atoms in total. The molecule has 0 atom stereocenters. The third-order valence-corrected chi connectivity index (χ3v) is 1.97. The van der Waals surface area contributed by atoms with Crippen LogP contribution >= 0.6 is 12.2 Å². The zero-order valence-electron chi connectivity index (χ0n) is 6.25. The fourth-order valence-corrected chi connectivity index (χ4v) is 1.23. The van der Waals surface area contributed by atoms with E-state index in [1.54, 1.807) is 0 Å². The molecule has 1 fully saturated rings. The molecule has 0 aromatic carbocycles. The summed E-state index contributed by atoms with van der Waals surface area (Å²) >= 11 is 5.03. The van der Waals surface area contributed by atoms with Gasteiger partial charge in [0.25, 0.3) is 6.54 Å². The minimum Gasteiger partial charge on any atom is -0.378 e. The summed E-state index contributed by atoms with van der Waals surface area (Å²) in [6, 6.07) is 0. The van der Waals surface area contributed by atoms with E-state index in [0.717, 1.165) is 31.3 Å². The Morgan fingerprint density at radius 2 is 2.18 bits per heavy atom. The summed E-state index contributed by atoms with van der Waals surface area (Å²) in [7, 11) is 0. The van der Waals surface area contributed by atoms with E-state index in [4.69, 9.17) is 23.5 Å². The molecule has 0 unspecified atom stereocenters. The Hall–Kier alpha value is -0.660. The summed E-state index contributed by atoms with van der Waals surface area (Å²) in [5, 5.41) is 0. The predicted octanol–water partition coefficient (Wildman–Crippen LogP) is 0.565. The highest BCUT2D eigenvalue weighted by atomic mass is 32.1. The van der Waals surface area contributed by atoms with Gasteiger partial charge < -0.3 is 14.5 Å².